The second-order valence-corrected chi connectivity index (χ2v) is 9.62. The van der Waals surface area contributed by atoms with Gasteiger partial charge < -0.3 is 15.0 Å². The molecule has 0 bridgehead atoms. The number of hydrogen-bond donors (Lipinski definition) is 1. The van der Waals surface area contributed by atoms with E-state index < -0.39 is 16.1 Å². The molecular weight excluding hydrogens is 420 g/mol. The van der Waals surface area contributed by atoms with Crippen molar-refractivity contribution in [2.24, 2.45) is 0 Å². The third-order valence-electron chi connectivity index (χ3n) is 5.07. The van der Waals surface area contributed by atoms with Crippen LogP contribution >= 0.6 is 0 Å². The van der Waals surface area contributed by atoms with Gasteiger partial charge in [0.15, 0.2) is 0 Å². The molecule has 166 valence electrons. The van der Waals surface area contributed by atoms with Crippen LogP contribution in [0.4, 0.5) is 11.4 Å². The van der Waals surface area contributed by atoms with Gasteiger partial charge in [-0.2, -0.15) is 17.0 Å². The van der Waals surface area contributed by atoms with Crippen molar-refractivity contribution < 1.29 is 22.7 Å². The average molecular weight is 447 g/mol. The number of anilines is 2. The first-order valence-electron chi connectivity index (χ1n) is 9.66. The predicted molar refractivity (Wildman–Crippen MR) is 119 cm³/mol. The van der Waals surface area contributed by atoms with Crippen LogP contribution in [0.25, 0.3) is 0 Å². The Morgan fingerprint density at radius 3 is 2.39 bits per heavy atom. The van der Waals surface area contributed by atoms with E-state index in [2.05, 4.69) is 5.32 Å². The summed E-state index contributed by atoms with van der Waals surface area (Å²) in [5.41, 5.74) is 2.77. The van der Waals surface area contributed by atoms with E-state index in [0.29, 0.717) is 23.5 Å². The summed E-state index contributed by atoms with van der Waals surface area (Å²) in [5, 5.41) is 2.71. The van der Waals surface area contributed by atoms with Crippen molar-refractivity contribution >= 4 is 33.4 Å². The third-order valence-corrected chi connectivity index (χ3v) is 6.91. The Morgan fingerprint density at radius 2 is 1.77 bits per heavy atom. The van der Waals surface area contributed by atoms with Gasteiger partial charge in [-0.05, 0) is 48.4 Å². The molecule has 1 aliphatic rings. The number of fused-ring (bicyclic) bond motifs is 1. The fraction of sp³-hybridized carbons (Fsp3) is 0.333. The highest BCUT2D eigenvalue weighted by Gasteiger charge is 2.27. The number of nitrogens with zero attached hydrogens (tertiary/aromatic N) is 3. The number of methoxy groups -OCH3 is 1. The Kier molecular flexibility index (Phi) is 6.63. The highest BCUT2D eigenvalue weighted by Crippen LogP contribution is 2.32. The number of carbonyl (C=O) groups excluding carboxylic acids is 2. The Morgan fingerprint density at radius 1 is 1.10 bits per heavy atom. The molecule has 3 rings (SSSR count). The number of ether oxygens (including phenoxy) is 1. The van der Waals surface area contributed by atoms with E-state index in [4.69, 9.17) is 4.74 Å². The first-order valence-corrected chi connectivity index (χ1v) is 11.1. The second kappa shape index (κ2) is 9.04. The molecule has 2 amide bonds. The van der Waals surface area contributed by atoms with Crippen LogP contribution in [0.1, 0.15) is 15.9 Å². The van der Waals surface area contributed by atoms with Gasteiger partial charge in [0.2, 0.25) is 5.91 Å². The fourth-order valence-electron chi connectivity index (χ4n) is 3.32. The van der Waals surface area contributed by atoms with Crippen molar-refractivity contribution in [3.8, 4) is 5.75 Å². The van der Waals surface area contributed by atoms with Crippen molar-refractivity contribution in [1.82, 2.24) is 8.61 Å². The lowest BCUT2D eigenvalue weighted by atomic mass is 10.1. The van der Waals surface area contributed by atoms with E-state index in [0.717, 1.165) is 26.3 Å². The summed E-state index contributed by atoms with van der Waals surface area (Å²) in [5.74, 6) is 0.0604. The molecule has 0 saturated heterocycles. The van der Waals surface area contributed by atoms with Crippen LogP contribution in [0.15, 0.2) is 42.5 Å². The molecule has 0 unspecified atom stereocenters. The Hall–Kier alpha value is -2.95. The van der Waals surface area contributed by atoms with Gasteiger partial charge in [-0.25, -0.2) is 0 Å². The molecular formula is C21H26N4O5S. The average Bonchev–Trinajstić information content (AvgIpc) is 3.16. The number of amides is 2. The zero-order valence-corrected chi connectivity index (χ0v) is 18.8. The first-order chi connectivity index (χ1) is 14.6. The zero-order chi connectivity index (χ0) is 22.8. The molecule has 0 fully saturated rings. The van der Waals surface area contributed by atoms with E-state index >= 15 is 0 Å². The number of rotatable bonds is 7. The maximum absolute atomic E-state index is 13.0. The maximum atomic E-state index is 13.0. The van der Waals surface area contributed by atoms with Crippen molar-refractivity contribution in [2.45, 2.75) is 6.42 Å². The van der Waals surface area contributed by atoms with Gasteiger partial charge in [0.05, 0.1) is 13.7 Å². The molecule has 2 aromatic carbocycles. The van der Waals surface area contributed by atoms with Crippen LogP contribution in [-0.4, -0.2) is 70.2 Å². The van der Waals surface area contributed by atoms with Crippen LogP contribution in [-0.2, 0) is 21.4 Å². The minimum Gasteiger partial charge on any atom is -0.497 e. The number of carbonyl (C=O) groups is 2. The van der Waals surface area contributed by atoms with E-state index in [-0.39, 0.29) is 12.5 Å². The fourth-order valence-corrected chi connectivity index (χ4v) is 4.16. The quantitative estimate of drug-likeness (QED) is 0.696. The van der Waals surface area contributed by atoms with E-state index in [9.17, 15) is 18.0 Å². The summed E-state index contributed by atoms with van der Waals surface area (Å²) in [6.07, 6.45) is 0.718. The molecule has 0 saturated carbocycles. The van der Waals surface area contributed by atoms with Crippen molar-refractivity contribution in [3.05, 3.63) is 53.6 Å². The van der Waals surface area contributed by atoms with E-state index in [1.807, 2.05) is 6.07 Å². The molecule has 0 aliphatic carbocycles. The monoisotopic (exact) mass is 446 g/mol. The standard InChI is InChI=1S/C21H26N4O5S/c1-23(2)31(28,29)24(3)14-20(26)22-17-8-5-15-11-12-25(19(15)13-17)21(27)16-6-9-18(30-4)10-7-16/h5-10,13H,11-12,14H2,1-4H3,(H,22,26). The topological polar surface area (TPSA) is 99.3 Å². The van der Waals surface area contributed by atoms with Crippen LogP contribution < -0.4 is 15.0 Å². The molecule has 2 aromatic rings. The van der Waals surface area contributed by atoms with Crippen LogP contribution in [0.2, 0.25) is 0 Å². The Balaban J connectivity index is 1.74. The second-order valence-electron chi connectivity index (χ2n) is 7.37. The number of nitrogens with one attached hydrogen (secondary N) is 1. The van der Waals surface area contributed by atoms with Gasteiger partial charge in [0.1, 0.15) is 5.75 Å². The molecule has 0 atom stereocenters. The van der Waals surface area contributed by atoms with Crippen molar-refractivity contribution in [2.75, 3.05) is 51.6 Å². The third kappa shape index (κ3) is 4.87. The molecule has 0 spiro atoms. The lowest BCUT2D eigenvalue weighted by Gasteiger charge is -2.21. The summed E-state index contributed by atoms with van der Waals surface area (Å²) >= 11 is 0. The van der Waals surface area contributed by atoms with Gasteiger partial charge in [-0.15, -0.1) is 0 Å². The number of hydrogen-bond acceptors (Lipinski definition) is 5. The van der Waals surface area contributed by atoms with Crippen LogP contribution in [0, 0.1) is 0 Å². The zero-order valence-electron chi connectivity index (χ0n) is 18.0. The summed E-state index contributed by atoms with van der Waals surface area (Å²) < 4.78 is 31.3. The Bertz CT molecular complexity index is 1080. The smallest absolute Gasteiger partial charge is 0.281 e. The highest BCUT2D eigenvalue weighted by atomic mass is 32.2. The molecule has 9 nitrogen and oxygen atoms in total. The summed E-state index contributed by atoms with van der Waals surface area (Å²) in [7, 11) is 2.02. The SMILES string of the molecule is COc1ccc(C(=O)N2CCc3ccc(NC(=O)CN(C)S(=O)(=O)N(C)C)cc32)cc1. The first kappa shape index (κ1) is 22.7. The van der Waals surface area contributed by atoms with Crippen molar-refractivity contribution in [1.29, 1.82) is 0 Å². The summed E-state index contributed by atoms with van der Waals surface area (Å²) in [6.45, 7) is 0.216. The van der Waals surface area contributed by atoms with Gasteiger partial charge in [0, 0.05) is 44.6 Å². The minimum atomic E-state index is -3.69. The molecule has 31 heavy (non-hydrogen) atoms. The summed E-state index contributed by atoms with van der Waals surface area (Å²) in [6, 6.07) is 12.3. The highest BCUT2D eigenvalue weighted by molar-refractivity contribution is 7.86. The van der Waals surface area contributed by atoms with Gasteiger partial charge in [-0.1, -0.05) is 6.07 Å². The van der Waals surface area contributed by atoms with Crippen LogP contribution in [0.5, 0.6) is 5.75 Å². The molecule has 1 heterocycles. The largest absolute Gasteiger partial charge is 0.497 e. The number of likely N-dealkylation sites (N-methyl/N-ethyl adjacent to an activating group) is 1. The maximum Gasteiger partial charge on any atom is 0.281 e. The van der Waals surface area contributed by atoms with Gasteiger partial charge in [0.25, 0.3) is 16.1 Å². The normalized spacial score (nSPS) is 13.4. The number of benzene rings is 2. The Labute approximate surface area is 182 Å². The van der Waals surface area contributed by atoms with Crippen molar-refractivity contribution in [3.63, 3.8) is 0 Å². The molecule has 1 aliphatic heterocycles. The van der Waals surface area contributed by atoms with E-state index in [1.165, 1.54) is 21.1 Å². The van der Waals surface area contributed by atoms with E-state index in [1.54, 1.807) is 48.4 Å². The molecule has 1 N–H and O–H groups in total. The summed E-state index contributed by atoms with van der Waals surface area (Å²) in [4.78, 5) is 27.0. The lowest BCUT2D eigenvalue weighted by Crippen LogP contribution is -2.41. The lowest BCUT2D eigenvalue weighted by molar-refractivity contribution is -0.116. The van der Waals surface area contributed by atoms with Gasteiger partial charge in [-0.3, -0.25) is 9.59 Å². The molecule has 10 heteroatoms. The van der Waals surface area contributed by atoms with Gasteiger partial charge >= 0.3 is 0 Å². The van der Waals surface area contributed by atoms with Crippen LogP contribution in [0.3, 0.4) is 0 Å². The molecule has 0 aromatic heterocycles. The molecule has 0 radical (unpaired) electrons. The minimum absolute atomic E-state index is 0.137. The predicted octanol–water partition coefficient (Wildman–Crippen LogP) is 1.57.